The Hall–Kier alpha value is -5.21. The topological polar surface area (TPSA) is 110 Å². The molecule has 42 heavy (non-hydrogen) atoms. The maximum atomic E-state index is 15.4. The molecule has 1 N–H and O–H groups in total. The van der Waals surface area contributed by atoms with Gasteiger partial charge in [-0.3, -0.25) is 0 Å². The first kappa shape index (κ1) is 28.3. The average molecular weight is 573 g/mol. The number of benzene rings is 3. The lowest BCUT2D eigenvalue weighted by molar-refractivity contribution is 0.0696. The minimum Gasteiger partial charge on any atom is -0.478 e. The van der Waals surface area contributed by atoms with Crippen molar-refractivity contribution in [1.29, 1.82) is 5.26 Å². The second kappa shape index (κ2) is 12.1. The van der Waals surface area contributed by atoms with Gasteiger partial charge < -0.3 is 19.1 Å². The van der Waals surface area contributed by atoms with Crippen molar-refractivity contribution in [2.24, 2.45) is 0 Å². The summed E-state index contributed by atoms with van der Waals surface area (Å²) >= 11 is 0. The lowest BCUT2D eigenvalue weighted by Crippen LogP contribution is -2.10. The highest BCUT2D eigenvalue weighted by molar-refractivity contribution is 5.92. The van der Waals surface area contributed by atoms with Crippen LogP contribution in [0.3, 0.4) is 0 Å². The van der Waals surface area contributed by atoms with Crippen molar-refractivity contribution < 1.29 is 32.5 Å². The van der Waals surface area contributed by atoms with E-state index in [4.69, 9.17) is 14.7 Å². The van der Waals surface area contributed by atoms with Crippen molar-refractivity contribution in [3.63, 3.8) is 0 Å². The summed E-state index contributed by atoms with van der Waals surface area (Å²) in [5, 5.41) is 18.3. The molecule has 5 rings (SSSR count). The summed E-state index contributed by atoms with van der Waals surface area (Å²) < 4.78 is 57.8. The molecule has 0 fully saturated rings. The van der Waals surface area contributed by atoms with Crippen LogP contribution in [0.2, 0.25) is 0 Å². The number of aromatic carboxylic acids is 1. The van der Waals surface area contributed by atoms with Gasteiger partial charge in [0.15, 0.2) is 5.82 Å². The second-order valence-electron chi connectivity index (χ2n) is 9.36. The maximum absolute atomic E-state index is 15.4. The minimum atomic E-state index is -1.31. The highest BCUT2D eigenvalue weighted by atomic mass is 19.1. The van der Waals surface area contributed by atoms with Crippen LogP contribution in [0.25, 0.3) is 22.3 Å². The number of fused-ring (bicyclic) bond motifs is 1. The van der Waals surface area contributed by atoms with Crippen molar-refractivity contribution in [2.75, 3.05) is 13.7 Å². The van der Waals surface area contributed by atoms with Crippen LogP contribution in [-0.2, 0) is 24.3 Å². The number of pyridine rings is 1. The summed E-state index contributed by atoms with van der Waals surface area (Å²) in [6.07, 6.45) is -0.190. The SMILES string of the molecule is COCCn1c(Cc2cc(F)c(-c3cccc(OCc4ccc(C#N)cc4)n3)cc2F)nc2c(F)cc(C(=O)O)cc21. The number of rotatable bonds is 10. The van der Waals surface area contributed by atoms with E-state index in [0.29, 0.717) is 5.56 Å². The van der Waals surface area contributed by atoms with E-state index in [2.05, 4.69) is 9.97 Å². The molecule has 0 atom stereocenters. The fraction of sp³-hybridized carbons (Fsp3) is 0.161. The molecule has 0 saturated carbocycles. The number of carbonyl (C=O) groups is 1. The zero-order chi connectivity index (χ0) is 29.8. The van der Waals surface area contributed by atoms with Gasteiger partial charge >= 0.3 is 5.97 Å². The van der Waals surface area contributed by atoms with E-state index in [0.717, 1.165) is 23.8 Å². The van der Waals surface area contributed by atoms with Gasteiger partial charge in [-0.05, 0) is 53.6 Å². The largest absolute Gasteiger partial charge is 0.478 e. The van der Waals surface area contributed by atoms with E-state index in [-0.39, 0.29) is 71.3 Å². The highest BCUT2D eigenvalue weighted by Crippen LogP contribution is 2.29. The van der Waals surface area contributed by atoms with Crippen LogP contribution in [-0.4, -0.2) is 39.3 Å². The molecular formula is C31H23F3N4O4. The summed E-state index contributed by atoms with van der Waals surface area (Å²) in [5.74, 6) is -3.19. The third-order valence-corrected chi connectivity index (χ3v) is 6.61. The van der Waals surface area contributed by atoms with Crippen molar-refractivity contribution in [3.8, 4) is 23.2 Å². The zero-order valence-corrected chi connectivity index (χ0v) is 22.3. The number of hydrogen-bond donors (Lipinski definition) is 1. The Labute approximate surface area is 238 Å². The minimum absolute atomic E-state index is 0.0303. The maximum Gasteiger partial charge on any atom is 0.335 e. The Balaban J connectivity index is 1.42. The average Bonchev–Trinajstić information content (AvgIpc) is 3.34. The summed E-state index contributed by atoms with van der Waals surface area (Å²) in [6, 6.07) is 17.8. The van der Waals surface area contributed by atoms with Crippen molar-refractivity contribution >= 4 is 17.0 Å². The molecule has 0 aliphatic heterocycles. The van der Waals surface area contributed by atoms with Crippen molar-refractivity contribution in [2.45, 2.75) is 19.6 Å². The van der Waals surface area contributed by atoms with Crippen LogP contribution in [0.5, 0.6) is 5.88 Å². The Kier molecular flexibility index (Phi) is 8.17. The lowest BCUT2D eigenvalue weighted by Gasteiger charge is -2.12. The quantitative estimate of drug-likeness (QED) is 0.222. The summed E-state index contributed by atoms with van der Waals surface area (Å²) in [4.78, 5) is 20.1. The number of aromatic nitrogens is 3. The molecule has 2 aromatic heterocycles. The van der Waals surface area contributed by atoms with Gasteiger partial charge in [-0.15, -0.1) is 0 Å². The van der Waals surface area contributed by atoms with Gasteiger partial charge in [0.05, 0.1) is 35.0 Å². The molecule has 0 bridgehead atoms. The molecule has 0 amide bonds. The molecule has 0 saturated heterocycles. The van der Waals surface area contributed by atoms with Crippen molar-refractivity contribution in [1.82, 2.24) is 14.5 Å². The van der Waals surface area contributed by atoms with Crippen LogP contribution in [0.1, 0.15) is 32.9 Å². The molecule has 5 aromatic rings. The monoisotopic (exact) mass is 572 g/mol. The number of imidazole rings is 1. The highest BCUT2D eigenvalue weighted by Gasteiger charge is 2.20. The first-order valence-electron chi connectivity index (χ1n) is 12.8. The third-order valence-electron chi connectivity index (χ3n) is 6.61. The number of halogens is 3. The van der Waals surface area contributed by atoms with E-state index in [9.17, 15) is 14.3 Å². The van der Waals surface area contributed by atoms with Gasteiger partial charge in [-0.1, -0.05) is 18.2 Å². The second-order valence-corrected chi connectivity index (χ2v) is 9.36. The molecule has 212 valence electrons. The molecule has 2 heterocycles. The number of carboxylic acids is 1. The molecular weight excluding hydrogens is 549 g/mol. The summed E-state index contributed by atoms with van der Waals surface area (Å²) in [6.45, 7) is 0.547. The fourth-order valence-electron chi connectivity index (χ4n) is 4.49. The van der Waals surface area contributed by atoms with E-state index in [1.165, 1.54) is 23.8 Å². The zero-order valence-electron chi connectivity index (χ0n) is 22.3. The van der Waals surface area contributed by atoms with Gasteiger partial charge in [0.1, 0.15) is 29.6 Å². The van der Waals surface area contributed by atoms with Gasteiger partial charge in [-0.2, -0.15) is 5.26 Å². The van der Waals surface area contributed by atoms with E-state index >= 15 is 8.78 Å². The Morgan fingerprint density at radius 2 is 1.79 bits per heavy atom. The molecule has 0 radical (unpaired) electrons. The van der Waals surface area contributed by atoms with Gasteiger partial charge in [0.25, 0.3) is 0 Å². The van der Waals surface area contributed by atoms with Gasteiger partial charge in [0.2, 0.25) is 5.88 Å². The van der Waals surface area contributed by atoms with Crippen LogP contribution >= 0.6 is 0 Å². The van der Waals surface area contributed by atoms with E-state index in [1.807, 2.05) is 6.07 Å². The standard InChI is InChI=1S/C31H23F3N4O4/c1-41-10-9-38-27-13-21(31(39)40)12-25(34)30(27)37-28(38)14-20-11-24(33)22(15-23(20)32)26-3-2-4-29(36-26)42-17-19-7-5-18(16-35)6-8-19/h2-8,11-13,15H,9-10,14,17H2,1H3,(H,39,40). The van der Waals surface area contributed by atoms with Gasteiger partial charge in [0, 0.05) is 31.7 Å². The predicted molar refractivity (Wildman–Crippen MR) is 146 cm³/mol. The lowest BCUT2D eigenvalue weighted by atomic mass is 10.0. The molecule has 11 heteroatoms. The molecule has 8 nitrogen and oxygen atoms in total. The molecule has 0 unspecified atom stereocenters. The van der Waals surface area contributed by atoms with E-state index in [1.54, 1.807) is 36.4 Å². The Morgan fingerprint density at radius 1 is 1.00 bits per heavy atom. The number of methoxy groups -OCH3 is 1. The fourth-order valence-corrected chi connectivity index (χ4v) is 4.49. The Bertz CT molecular complexity index is 1830. The van der Waals surface area contributed by atoms with Crippen LogP contribution < -0.4 is 4.74 Å². The van der Waals surface area contributed by atoms with Crippen LogP contribution in [0.4, 0.5) is 13.2 Å². The van der Waals surface area contributed by atoms with Crippen LogP contribution in [0.15, 0.2) is 66.7 Å². The Morgan fingerprint density at radius 3 is 2.50 bits per heavy atom. The molecule has 0 aliphatic carbocycles. The molecule has 0 spiro atoms. The summed E-state index contributed by atoms with van der Waals surface area (Å²) in [5.41, 5.74) is 1.24. The number of carboxylic acid groups (broad SMARTS) is 1. The van der Waals surface area contributed by atoms with Crippen LogP contribution in [0, 0.1) is 28.8 Å². The smallest absolute Gasteiger partial charge is 0.335 e. The molecule has 3 aromatic carbocycles. The normalized spacial score (nSPS) is 11.0. The number of nitrogens with zero attached hydrogens (tertiary/aromatic N) is 4. The molecule has 0 aliphatic rings. The first-order chi connectivity index (χ1) is 20.3. The first-order valence-corrected chi connectivity index (χ1v) is 12.8. The van der Waals surface area contributed by atoms with Gasteiger partial charge in [-0.25, -0.2) is 27.9 Å². The number of ether oxygens (including phenoxy) is 2. The number of nitriles is 1. The predicted octanol–water partition coefficient (Wildman–Crippen LogP) is 5.90. The van der Waals surface area contributed by atoms with E-state index < -0.39 is 23.4 Å². The number of hydrogen-bond acceptors (Lipinski definition) is 6. The summed E-state index contributed by atoms with van der Waals surface area (Å²) in [7, 11) is 1.47. The van der Waals surface area contributed by atoms with Crippen molar-refractivity contribution in [3.05, 3.63) is 112 Å². The third kappa shape index (κ3) is 5.94.